The van der Waals surface area contributed by atoms with E-state index in [-0.39, 0.29) is 44.9 Å². The van der Waals surface area contributed by atoms with Crippen molar-refractivity contribution in [2.24, 2.45) is 0 Å². The minimum Gasteiger partial charge on any atom is -0.480 e. The number of likely N-dealkylation sites (tertiary alicyclic amines) is 2. The van der Waals surface area contributed by atoms with E-state index in [4.69, 9.17) is 10.2 Å². The van der Waals surface area contributed by atoms with E-state index in [1.807, 2.05) is 0 Å². The number of piperidine rings is 1. The molecule has 0 aromatic rings. The monoisotopic (exact) mass is 278 g/mol. The normalized spacial score (nSPS) is 31.4. The number of carboxylic acid groups (broad SMARTS) is 2. The van der Waals surface area contributed by atoms with E-state index in [1.165, 1.54) is 0 Å². The van der Waals surface area contributed by atoms with Crippen molar-refractivity contribution in [2.45, 2.75) is 37.3 Å². The van der Waals surface area contributed by atoms with Crippen molar-refractivity contribution in [1.82, 2.24) is 9.80 Å². The van der Waals surface area contributed by atoms with E-state index < -0.39 is 24.0 Å². The average molecular weight is 278 g/mol. The maximum atomic E-state index is 13.0. The van der Waals surface area contributed by atoms with Gasteiger partial charge in [-0.15, -0.1) is 0 Å². The molecule has 2 saturated heterocycles. The smallest absolute Gasteiger partial charge is 0.408 e. The van der Waals surface area contributed by atoms with Crippen LogP contribution < -0.4 is 0 Å². The van der Waals surface area contributed by atoms with Crippen LogP contribution in [-0.4, -0.2) is 69.7 Å². The van der Waals surface area contributed by atoms with Gasteiger partial charge in [-0.1, -0.05) is 0 Å². The Morgan fingerprint density at radius 1 is 1.16 bits per heavy atom. The van der Waals surface area contributed by atoms with Crippen LogP contribution >= 0.6 is 0 Å². The van der Waals surface area contributed by atoms with E-state index in [9.17, 15) is 18.4 Å². The van der Waals surface area contributed by atoms with Gasteiger partial charge in [0.15, 0.2) is 0 Å². The summed E-state index contributed by atoms with van der Waals surface area (Å²) in [6.07, 6.45) is -1.63. The highest BCUT2D eigenvalue weighted by molar-refractivity contribution is 5.80. The lowest BCUT2D eigenvalue weighted by molar-refractivity contribution is -0.141. The van der Waals surface area contributed by atoms with Crippen molar-refractivity contribution in [3.8, 4) is 0 Å². The molecule has 2 rings (SSSR count). The quantitative estimate of drug-likeness (QED) is 0.785. The number of hydrogen-bond acceptors (Lipinski definition) is 3. The molecule has 2 aliphatic heterocycles. The molecule has 2 atom stereocenters. The van der Waals surface area contributed by atoms with Crippen LogP contribution in [-0.2, 0) is 4.79 Å². The SMILES string of the molecule is O=C(O)[C@@H]1C[C@H](N2CCC(F)(F)CC2)CN1C(=O)O. The van der Waals surface area contributed by atoms with E-state index in [2.05, 4.69) is 0 Å². The minimum absolute atomic E-state index is 0.0673. The summed E-state index contributed by atoms with van der Waals surface area (Å²) in [7, 11) is 0. The lowest BCUT2D eigenvalue weighted by Crippen LogP contribution is -2.46. The first kappa shape index (κ1) is 14.0. The summed E-state index contributed by atoms with van der Waals surface area (Å²) < 4.78 is 26.1. The van der Waals surface area contributed by atoms with Gasteiger partial charge in [-0.3, -0.25) is 9.80 Å². The molecule has 0 aromatic heterocycles. The van der Waals surface area contributed by atoms with Crippen LogP contribution in [0.3, 0.4) is 0 Å². The van der Waals surface area contributed by atoms with Crippen LogP contribution in [0.2, 0.25) is 0 Å². The molecule has 6 nitrogen and oxygen atoms in total. The lowest BCUT2D eigenvalue weighted by atomic mass is 10.0. The standard InChI is InChI=1S/C11H16F2N2O4/c12-11(13)1-3-14(4-2-11)7-5-8(9(16)17)15(6-7)10(18)19/h7-8H,1-6H2,(H,16,17)(H,18,19)/t7-,8-/m0/s1. The molecule has 2 fully saturated rings. The molecule has 8 heteroatoms. The van der Waals surface area contributed by atoms with Crippen molar-refractivity contribution < 1.29 is 28.6 Å². The fraction of sp³-hybridized carbons (Fsp3) is 0.818. The molecule has 108 valence electrons. The van der Waals surface area contributed by atoms with Crippen molar-refractivity contribution in [3.05, 3.63) is 0 Å². The molecule has 2 N–H and O–H groups in total. The van der Waals surface area contributed by atoms with Crippen LogP contribution in [0.4, 0.5) is 13.6 Å². The van der Waals surface area contributed by atoms with Gasteiger partial charge in [0.1, 0.15) is 6.04 Å². The zero-order valence-corrected chi connectivity index (χ0v) is 10.3. The fourth-order valence-electron chi connectivity index (χ4n) is 2.74. The Hall–Kier alpha value is -1.44. The molecule has 1 amide bonds. The minimum atomic E-state index is -2.66. The molecule has 0 radical (unpaired) electrons. The topological polar surface area (TPSA) is 81.1 Å². The molecule has 0 spiro atoms. The number of carbonyl (C=O) groups is 2. The summed E-state index contributed by atoms with van der Waals surface area (Å²) in [5.74, 6) is -3.85. The highest BCUT2D eigenvalue weighted by atomic mass is 19.3. The van der Waals surface area contributed by atoms with Gasteiger partial charge in [0.25, 0.3) is 5.92 Å². The molecule has 0 unspecified atom stereocenters. The van der Waals surface area contributed by atoms with Gasteiger partial charge < -0.3 is 10.2 Å². The third kappa shape index (κ3) is 2.94. The van der Waals surface area contributed by atoms with Crippen LogP contribution in [0.25, 0.3) is 0 Å². The molecular formula is C11H16F2N2O4. The number of carboxylic acids is 1. The molecule has 2 aliphatic rings. The van der Waals surface area contributed by atoms with Crippen molar-refractivity contribution >= 4 is 12.1 Å². The fourth-order valence-corrected chi connectivity index (χ4v) is 2.74. The van der Waals surface area contributed by atoms with Crippen LogP contribution in [0.5, 0.6) is 0 Å². The number of halogens is 2. The summed E-state index contributed by atoms with van der Waals surface area (Å²) in [5, 5.41) is 17.9. The molecular weight excluding hydrogens is 262 g/mol. The number of rotatable bonds is 2. The second-order valence-electron chi connectivity index (χ2n) is 5.07. The number of nitrogens with zero attached hydrogens (tertiary/aromatic N) is 2. The zero-order valence-electron chi connectivity index (χ0n) is 10.3. The average Bonchev–Trinajstić information content (AvgIpc) is 2.74. The largest absolute Gasteiger partial charge is 0.480 e. The summed E-state index contributed by atoms with van der Waals surface area (Å²) in [6, 6.07) is -1.36. The Morgan fingerprint density at radius 3 is 2.16 bits per heavy atom. The summed E-state index contributed by atoms with van der Waals surface area (Å²) in [4.78, 5) is 24.6. The Labute approximate surface area is 108 Å². The van der Waals surface area contributed by atoms with Crippen molar-refractivity contribution in [2.75, 3.05) is 19.6 Å². The molecule has 0 saturated carbocycles. The zero-order chi connectivity index (χ0) is 14.2. The summed E-state index contributed by atoms with van der Waals surface area (Å²) in [5.41, 5.74) is 0. The van der Waals surface area contributed by atoms with Crippen LogP contribution in [0, 0.1) is 0 Å². The second kappa shape index (κ2) is 4.92. The van der Waals surface area contributed by atoms with Gasteiger partial charge in [0.05, 0.1) is 0 Å². The molecule has 0 bridgehead atoms. The Balaban J connectivity index is 2.00. The van der Waals surface area contributed by atoms with E-state index >= 15 is 0 Å². The summed E-state index contributed by atoms with van der Waals surface area (Å²) >= 11 is 0. The Bertz CT molecular complexity index is 359. The van der Waals surface area contributed by atoms with E-state index in [0.29, 0.717) is 0 Å². The Kier molecular flexibility index (Phi) is 3.62. The third-order valence-corrected chi connectivity index (χ3v) is 3.86. The number of aliphatic carboxylic acids is 1. The lowest BCUT2D eigenvalue weighted by Gasteiger charge is -2.35. The maximum absolute atomic E-state index is 13.0. The Morgan fingerprint density at radius 2 is 1.74 bits per heavy atom. The van der Waals surface area contributed by atoms with Crippen LogP contribution in [0.15, 0.2) is 0 Å². The van der Waals surface area contributed by atoms with Crippen molar-refractivity contribution in [1.29, 1.82) is 0 Å². The predicted molar refractivity (Wildman–Crippen MR) is 60.3 cm³/mol. The van der Waals surface area contributed by atoms with Gasteiger partial charge in [-0.2, -0.15) is 0 Å². The number of amides is 1. The van der Waals surface area contributed by atoms with Gasteiger partial charge in [0.2, 0.25) is 0 Å². The number of hydrogen-bond donors (Lipinski definition) is 2. The molecule has 19 heavy (non-hydrogen) atoms. The van der Waals surface area contributed by atoms with Crippen LogP contribution in [0.1, 0.15) is 19.3 Å². The highest BCUT2D eigenvalue weighted by Gasteiger charge is 2.44. The van der Waals surface area contributed by atoms with E-state index in [0.717, 1.165) is 4.90 Å². The second-order valence-corrected chi connectivity index (χ2v) is 5.07. The first-order valence-electron chi connectivity index (χ1n) is 6.14. The van der Waals surface area contributed by atoms with Gasteiger partial charge in [-0.25, -0.2) is 18.4 Å². The first-order valence-corrected chi connectivity index (χ1v) is 6.14. The maximum Gasteiger partial charge on any atom is 0.408 e. The third-order valence-electron chi connectivity index (χ3n) is 3.86. The van der Waals surface area contributed by atoms with Gasteiger partial charge in [0, 0.05) is 38.5 Å². The predicted octanol–water partition coefficient (Wildman–Crippen LogP) is 0.923. The highest BCUT2D eigenvalue weighted by Crippen LogP contribution is 2.31. The molecule has 0 aromatic carbocycles. The molecule has 0 aliphatic carbocycles. The van der Waals surface area contributed by atoms with Crippen molar-refractivity contribution in [3.63, 3.8) is 0 Å². The van der Waals surface area contributed by atoms with Gasteiger partial charge >= 0.3 is 12.1 Å². The molecule has 2 heterocycles. The van der Waals surface area contributed by atoms with Gasteiger partial charge in [-0.05, 0) is 6.42 Å². The summed E-state index contributed by atoms with van der Waals surface area (Å²) in [6.45, 7) is 0.423. The van der Waals surface area contributed by atoms with E-state index in [1.54, 1.807) is 4.90 Å². The first-order chi connectivity index (χ1) is 8.80. The number of alkyl halides is 2.